The molecule has 100 valence electrons. The van der Waals surface area contributed by atoms with Crippen molar-refractivity contribution >= 4 is 15.9 Å². The van der Waals surface area contributed by atoms with Crippen molar-refractivity contribution in [1.29, 1.82) is 0 Å². The van der Waals surface area contributed by atoms with Gasteiger partial charge in [-0.1, -0.05) is 19.9 Å². The lowest BCUT2D eigenvalue weighted by Crippen LogP contribution is -2.15. The van der Waals surface area contributed by atoms with Crippen LogP contribution in [0, 0.1) is 12.8 Å². The van der Waals surface area contributed by atoms with E-state index in [1.165, 1.54) is 0 Å². The third-order valence-corrected chi connectivity index (χ3v) is 3.50. The van der Waals surface area contributed by atoms with E-state index in [1.807, 2.05) is 19.1 Å². The van der Waals surface area contributed by atoms with Gasteiger partial charge in [-0.05, 0) is 46.8 Å². The molecule has 0 aromatic carbocycles. The summed E-state index contributed by atoms with van der Waals surface area (Å²) in [5.41, 5.74) is 2.37. The fourth-order valence-corrected chi connectivity index (χ4v) is 2.11. The Morgan fingerprint density at radius 1 is 1.37 bits per heavy atom. The minimum Gasteiger partial charge on any atom is -0.304 e. The highest BCUT2D eigenvalue weighted by Crippen LogP contribution is 2.17. The number of hydrogen-bond donors (Lipinski definition) is 1. The van der Waals surface area contributed by atoms with Crippen LogP contribution in [0.4, 0.5) is 0 Å². The van der Waals surface area contributed by atoms with E-state index in [0.29, 0.717) is 21.9 Å². The van der Waals surface area contributed by atoms with Crippen LogP contribution in [0.3, 0.4) is 0 Å². The second-order valence-corrected chi connectivity index (χ2v) is 5.79. The molecule has 0 radical (unpaired) electrons. The Labute approximate surface area is 120 Å². The van der Waals surface area contributed by atoms with Gasteiger partial charge in [0.1, 0.15) is 10.2 Å². The van der Waals surface area contributed by atoms with Crippen molar-refractivity contribution in [3.8, 4) is 11.5 Å². The van der Waals surface area contributed by atoms with Crippen molar-refractivity contribution in [3.63, 3.8) is 0 Å². The van der Waals surface area contributed by atoms with Crippen molar-refractivity contribution in [2.24, 2.45) is 5.92 Å². The molecule has 0 aliphatic heterocycles. The highest BCUT2D eigenvalue weighted by Gasteiger charge is 2.12. The number of aromatic nitrogens is 3. The lowest BCUT2D eigenvalue weighted by atomic mass is 10.1. The van der Waals surface area contributed by atoms with Crippen LogP contribution >= 0.6 is 15.9 Å². The largest absolute Gasteiger partial charge is 0.304 e. The molecule has 4 nitrogen and oxygen atoms in total. The summed E-state index contributed by atoms with van der Waals surface area (Å²) < 4.78 is 0.511. The van der Waals surface area contributed by atoms with E-state index in [4.69, 9.17) is 0 Å². The van der Waals surface area contributed by atoms with Crippen LogP contribution in [0.1, 0.15) is 25.1 Å². The Morgan fingerprint density at radius 2 is 2.11 bits per heavy atom. The molecule has 1 N–H and O–H groups in total. The fraction of sp³-hybridized carbons (Fsp3) is 0.357. The summed E-state index contributed by atoms with van der Waals surface area (Å²) in [5.74, 6) is 0.952. The molecule has 2 rings (SSSR count). The van der Waals surface area contributed by atoms with Gasteiger partial charge in [0, 0.05) is 6.20 Å². The maximum absolute atomic E-state index is 11.9. The van der Waals surface area contributed by atoms with Gasteiger partial charge >= 0.3 is 0 Å². The zero-order chi connectivity index (χ0) is 14.0. The average molecular weight is 322 g/mol. The molecular formula is C14H16BrN3O. The first kappa shape index (κ1) is 13.9. The van der Waals surface area contributed by atoms with Crippen LogP contribution in [-0.2, 0) is 6.42 Å². The molecule has 0 aliphatic carbocycles. The zero-order valence-corrected chi connectivity index (χ0v) is 12.8. The number of rotatable bonds is 3. The molecule has 0 saturated heterocycles. The zero-order valence-electron chi connectivity index (χ0n) is 11.2. The van der Waals surface area contributed by atoms with Crippen LogP contribution in [-0.4, -0.2) is 15.0 Å². The summed E-state index contributed by atoms with van der Waals surface area (Å²) in [6.07, 6.45) is 2.52. The number of hydrogen-bond acceptors (Lipinski definition) is 3. The molecule has 0 unspecified atom stereocenters. The van der Waals surface area contributed by atoms with Gasteiger partial charge in [-0.15, -0.1) is 0 Å². The topological polar surface area (TPSA) is 58.6 Å². The van der Waals surface area contributed by atoms with Crippen molar-refractivity contribution < 1.29 is 0 Å². The van der Waals surface area contributed by atoms with E-state index in [1.54, 1.807) is 6.20 Å². The van der Waals surface area contributed by atoms with Crippen molar-refractivity contribution in [2.75, 3.05) is 0 Å². The number of pyridine rings is 1. The Bertz CT molecular complexity index is 632. The number of halogens is 1. The smallest absolute Gasteiger partial charge is 0.265 e. The molecule has 0 amide bonds. The Kier molecular flexibility index (Phi) is 4.14. The minimum absolute atomic E-state index is 0.164. The van der Waals surface area contributed by atoms with E-state index < -0.39 is 0 Å². The highest BCUT2D eigenvalue weighted by atomic mass is 79.9. The number of H-pyrrole nitrogens is 1. The standard InChI is InChI=1S/C14H16BrN3O/c1-8(2)6-11-12(15)14(19)18-13(17-11)10-5-4-9(3)7-16-10/h4-5,7-8H,6H2,1-3H3,(H,17,18,19). The predicted molar refractivity (Wildman–Crippen MR) is 79.1 cm³/mol. The maximum atomic E-state index is 11.9. The molecular weight excluding hydrogens is 306 g/mol. The lowest BCUT2D eigenvalue weighted by molar-refractivity contribution is 0.631. The van der Waals surface area contributed by atoms with Crippen LogP contribution in [0.15, 0.2) is 27.6 Å². The van der Waals surface area contributed by atoms with Crippen LogP contribution < -0.4 is 5.56 Å². The first-order chi connectivity index (χ1) is 8.97. The predicted octanol–water partition coefficient (Wildman–Crippen LogP) is 3.10. The first-order valence-corrected chi connectivity index (χ1v) is 6.98. The molecule has 0 spiro atoms. The lowest BCUT2D eigenvalue weighted by Gasteiger charge is -2.08. The number of nitrogens with one attached hydrogen (secondary N) is 1. The Hall–Kier alpha value is -1.49. The highest BCUT2D eigenvalue weighted by molar-refractivity contribution is 9.10. The second kappa shape index (κ2) is 5.65. The number of aromatic amines is 1. The van der Waals surface area contributed by atoms with Gasteiger partial charge in [0.2, 0.25) is 0 Å². The summed E-state index contributed by atoms with van der Waals surface area (Å²) in [5, 5.41) is 0. The third kappa shape index (κ3) is 3.29. The van der Waals surface area contributed by atoms with Gasteiger partial charge in [-0.3, -0.25) is 9.78 Å². The summed E-state index contributed by atoms with van der Waals surface area (Å²) in [6, 6.07) is 3.81. The van der Waals surface area contributed by atoms with Crippen molar-refractivity contribution in [1.82, 2.24) is 15.0 Å². The molecule has 2 aromatic rings. The number of aryl methyl sites for hydroxylation is 1. The van der Waals surface area contributed by atoms with Gasteiger partial charge in [-0.2, -0.15) is 0 Å². The quantitative estimate of drug-likeness (QED) is 0.945. The van der Waals surface area contributed by atoms with E-state index in [2.05, 4.69) is 44.7 Å². The molecule has 5 heteroatoms. The molecule has 2 aromatic heterocycles. The Morgan fingerprint density at radius 3 is 2.68 bits per heavy atom. The minimum atomic E-state index is -0.164. The van der Waals surface area contributed by atoms with Gasteiger partial charge in [0.25, 0.3) is 5.56 Å². The fourth-order valence-electron chi connectivity index (χ4n) is 1.76. The molecule has 0 atom stereocenters. The van der Waals surface area contributed by atoms with Crippen molar-refractivity contribution in [3.05, 3.63) is 44.4 Å². The molecule has 0 bridgehead atoms. The molecule has 19 heavy (non-hydrogen) atoms. The summed E-state index contributed by atoms with van der Waals surface area (Å²) >= 11 is 3.30. The van der Waals surface area contributed by atoms with Gasteiger partial charge in [0.15, 0.2) is 5.82 Å². The normalized spacial score (nSPS) is 11.0. The van der Waals surface area contributed by atoms with E-state index in [-0.39, 0.29) is 5.56 Å². The second-order valence-electron chi connectivity index (χ2n) is 4.99. The molecule has 0 aliphatic rings. The first-order valence-electron chi connectivity index (χ1n) is 6.19. The van der Waals surface area contributed by atoms with Gasteiger partial charge in [-0.25, -0.2) is 4.98 Å². The SMILES string of the molecule is Cc1ccc(-c2nc(CC(C)C)c(Br)c(=O)[nH]2)nc1. The van der Waals surface area contributed by atoms with Gasteiger partial charge in [0.05, 0.1) is 5.69 Å². The van der Waals surface area contributed by atoms with E-state index >= 15 is 0 Å². The Balaban J connectivity index is 2.50. The van der Waals surface area contributed by atoms with Crippen LogP contribution in [0.2, 0.25) is 0 Å². The van der Waals surface area contributed by atoms with Crippen molar-refractivity contribution in [2.45, 2.75) is 27.2 Å². The third-order valence-electron chi connectivity index (χ3n) is 2.69. The van der Waals surface area contributed by atoms with Gasteiger partial charge < -0.3 is 4.98 Å². The summed E-state index contributed by atoms with van der Waals surface area (Å²) in [7, 11) is 0. The monoisotopic (exact) mass is 321 g/mol. The molecule has 2 heterocycles. The maximum Gasteiger partial charge on any atom is 0.265 e. The molecule has 0 saturated carbocycles. The summed E-state index contributed by atoms with van der Waals surface area (Å²) in [6.45, 7) is 6.16. The summed E-state index contributed by atoms with van der Waals surface area (Å²) in [4.78, 5) is 23.5. The molecule has 0 fully saturated rings. The van der Waals surface area contributed by atoms with E-state index in [0.717, 1.165) is 17.7 Å². The van der Waals surface area contributed by atoms with E-state index in [9.17, 15) is 4.79 Å². The van der Waals surface area contributed by atoms with Crippen LogP contribution in [0.5, 0.6) is 0 Å². The average Bonchev–Trinajstić information content (AvgIpc) is 2.35. The van der Waals surface area contributed by atoms with Crippen LogP contribution in [0.25, 0.3) is 11.5 Å². The number of nitrogens with zero attached hydrogens (tertiary/aromatic N) is 2.